The van der Waals surface area contributed by atoms with E-state index in [9.17, 15) is 4.79 Å². The Morgan fingerprint density at radius 2 is 1.60 bits per heavy atom. The van der Waals surface area contributed by atoms with E-state index in [1.807, 2.05) is 0 Å². The number of esters is 1. The molecule has 0 aliphatic rings. The van der Waals surface area contributed by atoms with Crippen LogP contribution in [0.2, 0.25) is 0 Å². The van der Waals surface area contributed by atoms with Gasteiger partial charge in [0.05, 0.1) is 25.2 Å². The van der Waals surface area contributed by atoms with Gasteiger partial charge in [0.25, 0.3) is 0 Å². The van der Waals surface area contributed by atoms with Crippen LogP contribution in [0.1, 0.15) is 6.92 Å². The summed E-state index contributed by atoms with van der Waals surface area (Å²) in [5, 5.41) is 26.8. The summed E-state index contributed by atoms with van der Waals surface area (Å²) in [5.41, 5.74) is -1.22. The van der Waals surface area contributed by atoms with E-state index in [-0.39, 0.29) is 6.61 Å². The first-order valence-corrected chi connectivity index (χ1v) is 5.15. The average molecular weight is 256 g/mol. The number of aliphatic hydroxyl groups excluding tert-OH is 3. The van der Waals surface area contributed by atoms with Gasteiger partial charge in [-0.15, -0.1) is 0 Å². The molecular weight excluding hydrogens is 240 g/mol. The molecule has 0 radical (unpaired) electrons. The fraction of sp³-hybridized carbons (Fsp3) is 0.875. The molecule has 5 nitrogen and oxygen atoms in total. The second-order valence-corrected chi connectivity index (χ2v) is 5.71. The molecule has 0 rings (SSSR count). The van der Waals surface area contributed by atoms with Crippen molar-refractivity contribution in [3.05, 3.63) is 0 Å². The Kier molecular flexibility index (Phi) is 5.97. The molecule has 0 heterocycles. The summed E-state index contributed by atoms with van der Waals surface area (Å²) in [4.78, 5) is 11.2. The van der Waals surface area contributed by atoms with Crippen molar-refractivity contribution in [3.8, 4) is 0 Å². The molecule has 0 spiro atoms. The lowest BCUT2D eigenvalue weighted by atomic mass is 9.93. The molecule has 0 fully saturated rings. The Hall–Kier alpha value is 0.0500. The standard InChI is InChI=1S/C8H16O5S2/c1-7(14,15)6(12)13-5-8(2-9,3-10)4-11/h9-11,14-15H,2-5H2,1H3. The number of rotatable bonds is 6. The minimum absolute atomic E-state index is 0.286. The van der Waals surface area contributed by atoms with Gasteiger partial charge in [0.2, 0.25) is 0 Å². The van der Waals surface area contributed by atoms with Crippen LogP contribution < -0.4 is 0 Å². The smallest absolute Gasteiger partial charge is 0.331 e. The van der Waals surface area contributed by atoms with E-state index >= 15 is 0 Å². The van der Waals surface area contributed by atoms with Gasteiger partial charge in [-0.3, -0.25) is 0 Å². The minimum Gasteiger partial charge on any atom is -0.463 e. The van der Waals surface area contributed by atoms with Crippen LogP contribution in [0.15, 0.2) is 0 Å². The molecular formula is C8H16O5S2. The molecule has 0 aromatic carbocycles. The Labute approximate surface area is 99.3 Å². The molecule has 7 heteroatoms. The lowest BCUT2D eigenvalue weighted by Crippen LogP contribution is -2.41. The average Bonchev–Trinajstić information content (AvgIpc) is 2.19. The molecule has 0 aliphatic heterocycles. The van der Waals surface area contributed by atoms with Crippen LogP contribution in [0.25, 0.3) is 0 Å². The van der Waals surface area contributed by atoms with Gasteiger partial charge in [-0.25, -0.2) is 4.79 Å². The van der Waals surface area contributed by atoms with E-state index in [2.05, 4.69) is 25.3 Å². The molecule has 0 amide bonds. The second kappa shape index (κ2) is 5.95. The third-order valence-electron chi connectivity index (χ3n) is 1.90. The van der Waals surface area contributed by atoms with Crippen LogP contribution in [-0.4, -0.2) is 51.8 Å². The van der Waals surface area contributed by atoms with Crippen LogP contribution >= 0.6 is 25.3 Å². The van der Waals surface area contributed by atoms with E-state index in [1.54, 1.807) is 0 Å². The predicted molar refractivity (Wildman–Crippen MR) is 61.0 cm³/mol. The van der Waals surface area contributed by atoms with Gasteiger partial charge >= 0.3 is 5.97 Å². The molecule has 0 unspecified atom stereocenters. The third-order valence-corrected chi connectivity index (χ3v) is 2.27. The van der Waals surface area contributed by atoms with Gasteiger partial charge in [-0.05, 0) is 6.92 Å². The SMILES string of the molecule is CC(S)(S)C(=O)OCC(CO)(CO)CO. The summed E-state index contributed by atoms with van der Waals surface area (Å²) in [5.74, 6) is -0.700. The molecule has 0 atom stereocenters. The second-order valence-electron chi connectivity index (χ2n) is 3.57. The van der Waals surface area contributed by atoms with Gasteiger partial charge in [0.1, 0.15) is 6.61 Å². The van der Waals surface area contributed by atoms with E-state index in [0.717, 1.165) is 0 Å². The number of ether oxygens (including phenoxy) is 1. The zero-order valence-corrected chi connectivity index (χ0v) is 10.2. The van der Waals surface area contributed by atoms with E-state index in [0.29, 0.717) is 0 Å². The van der Waals surface area contributed by atoms with Crippen LogP contribution in [-0.2, 0) is 9.53 Å². The highest BCUT2D eigenvalue weighted by Gasteiger charge is 2.33. The van der Waals surface area contributed by atoms with Crippen molar-refractivity contribution in [3.63, 3.8) is 0 Å². The first kappa shape index (κ1) is 15.0. The van der Waals surface area contributed by atoms with Crippen LogP contribution in [0.4, 0.5) is 0 Å². The zero-order chi connectivity index (χ0) is 12.1. The number of carbonyl (C=O) groups excluding carboxylic acids is 1. The lowest BCUT2D eigenvalue weighted by Gasteiger charge is -2.27. The first-order valence-electron chi connectivity index (χ1n) is 4.26. The van der Waals surface area contributed by atoms with Crippen molar-refractivity contribution < 1.29 is 24.9 Å². The number of hydrogen-bond donors (Lipinski definition) is 5. The van der Waals surface area contributed by atoms with Gasteiger partial charge in [0.15, 0.2) is 4.08 Å². The zero-order valence-electron chi connectivity index (χ0n) is 8.38. The highest BCUT2D eigenvalue weighted by Crippen LogP contribution is 2.22. The molecule has 0 aromatic rings. The Balaban J connectivity index is 4.29. The number of carbonyl (C=O) groups is 1. The maximum atomic E-state index is 11.2. The molecule has 0 saturated heterocycles. The van der Waals surface area contributed by atoms with Crippen LogP contribution in [0.3, 0.4) is 0 Å². The van der Waals surface area contributed by atoms with Gasteiger partial charge in [-0.1, -0.05) is 0 Å². The highest BCUT2D eigenvalue weighted by atomic mass is 32.2. The quantitative estimate of drug-likeness (QED) is 0.241. The predicted octanol–water partition coefficient (Wildman–Crippen LogP) is -0.931. The van der Waals surface area contributed by atoms with Crippen molar-refractivity contribution >= 4 is 31.2 Å². The molecule has 3 N–H and O–H groups in total. The summed E-state index contributed by atoms with van der Waals surface area (Å²) in [6.45, 7) is -0.304. The van der Waals surface area contributed by atoms with E-state index < -0.39 is 35.3 Å². The monoisotopic (exact) mass is 256 g/mol. The third kappa shape index (κ3) is 4.60. The maximum Gasteiger partial charge on any atom is 0.331 e. The highest BCUT2D eigenvalue weighted by molar-refractivity contribution is 8.01. The molecule has 0 saturated carbocycles. The van der Waals surface area contributed by atoms with Gasteiger partial charge in [0, 0.05) is 0 Å². The van der Waals surface area contributed by atoms with Gasteiger partial charge < -0.3 is 20.1 Å². The largest absolute Gasteiger partial charge is 0.463 e. The molecule has 15 heavy (non-hydrogen) atoms. The summed E-state index contributed by atoms with van der Waals surface area (Å²) >= 11 is 7.74. The van der Waals surface area contributed by atoms with Crippen molar-refractivity contribution in [2.24, 2.45) is 5.41 Å². The number of thiol groups is 2. The molecule has 0 aromatic heterocycles. The van der Waals surface area contributed by atoms with Gasteiger partial charge in [-0.2, -0.15) is 25.3 Å². The van der Waals surface area contributed by atoms with Crippen molar-refractivity contribution in [2.45, 2.75) is 11.0 Å². The van der Waals surface area contributed by atoms with Crippen molar-refractivity contribution in [2.75, 3.05) is 26.4 Å². The fourth-order valence-corrected chi connectivity index (χ4v) is 0.771. The normalized spacial score (nSPS) is 12.7. The Morgan fingerprint density at radius 3 is 1.87 bits per heavy atom. The lowest BCUT2D eigenvalue weighted by molar-refractivity contribution is -0.151. The van der Waals surface area contributed by atoms with Crippen molar-refractivity contribution in [1.82, 2.24) is 0 Å². The van der Waals surface area contributed by atoms with E-state index in [4.69, 9.17) is 20.1 Å². The van der Waals surface area contributed by atoms with E-state index in [1.165, 1.54) is 6.92 Å². The Bertz CT molecular complexity index is 201. The fourth-order valence-electron chi connectivity index (χ4n) is 0.642. The van der Waals surface area contributed by atoms with Crippen LogP contribution in [0, 0.1) is 5.41 Å². The molecule has 0 bridgehead atoms. The number of aliphatic hydroxyl groups is 3. The molecule has 0 aliphatic carbocycles. The maximum absolute atomic E-state index is 11.2. The molecule has 90 valence electrons. The summed E-state index contributed by atoms with van der Waals surface area (Å²) < 4.78 is 3.53. The summed E-state index contributed by atoms with van der Waals surface area (Å²) in [6.07, 6.45) is 0. The Morgan fingerprint density at radius 1 is 1.20 bits per heavy atom. The summed E-state index contributed by atoms with van der Waals surface area (Å²) in [6, 6.07) is 0. The first-order chi connectivity index (χ1) is 6.81. The minimum atomic E-state index is -1.24. The number of hydrogen-bond acceptors (Lipinski definition) is 7. The van der Waals surface area contributed by atoms with Crippen molar-refractivity contribution in [1.29, 1.82) is 0 Å². The topological polar surface area (TPSA) is 87.0 Å². The van der Waals surface area contributed by atoms with Crippen LogP contribution in [0.5, 0.6) is 0 Å². The summed E-state index contributed by atoms with van der Waals surface area (Å²) in [7, 11) is 0.